The van der Waals surface area contributed by atoms with Gasteiger partial charge in [0, 0.05) is 0 Å². The van der Waals surface area contributed by atoms with E-state index in [1.165, 1.54) is 0 Å². The van der Waals surface area contributed by atoms with Crippen LogP contribution in [0.25, 0.3) is 11.0 Å². The van der Waals surface area contributed by atoms with E-state index in [1.807, 2.05) is 0 Å². The summed E-state index contributed by atoms with van der Waals surface area (Å²) >= 11 is 0. The minimum Gasteiger partial charge on any atom is -0.294 e. The SMILES string of the molecule is O=CC(=O)c1cnc2cc([N+](=O)[O-])c([N+](=O)[O-])cc2n1. The lowest BCUT2D eigenvalue weighted by molar-refractivity contribution is -0.422. The maximum absolute atomic E-state index is 11.1. The van der Waals surface area contributed by atoms with Gasteiger partial charge in [-0.05, 0) is 0 Å². The molecule has 2 rings (SSSR count). The van der Waals surface area contributed by atoms with Crippen LogP contribution < -0.4 is 0 Å². The van der Waals surface area contributed by atoms with Crippen molar-refractivity contribution in [2.45, 2.75) is 0 Å². The number of rotatable bonds is 4. The maximum Gasteiger partial charge on any atom is 0.348 e. The highest BCUT2D eigenvalue weighted by atomic mass is 16.6. The van der Waals surface area contributed by atoms with E-state index in [1.54, 1.807) is 0 Å². The quantitative estimate of drug-likeness (QED) is 0.262. The minimum atomic E-state index is -0.944. The topological polar surface area (TPSA) is 146 Å². The molecule has 0 unspecified atom stereocenters. The van der Waals surface area contributed by atoms with Crippen molar-refractivity contribution in [3.8, 4) is 0 Å². The molecular formula is C10H4N4O6. The zero-order chi connectivity index (χ0) is 14.9. The van der Waals surface area contributed by atoms with Crippen molar-refractivity contribution in [1.82, 2.24) is 9.97 Å². The number of ketones is 1. The van der Waals surface area contributed by atoms with E-state index in [0.29, 0.717) is 0 Å². The first-order valence-electron chi connectivity index (χ1n) is 5.03. The van der Waals surface area contributed by atoms with Gasteiger partial charge in [0.25, 0.3) is 0 Å². The number of Topliss-reactive ketones (excluding diaryl/α,β-unsaturated/α-hetero) is 1. The predicted octanol–water partition coefficient (Wildman–Crippen LogP) is 0.828. The number of benzene rings is 1. The number of nitrogens with zero attached hydrogens (tertiary/aromatic N) is 4. The van der Waals surface area contributed by atoms with Gasteiger partial charge < -0.3 is 0 Å². The summed E-state index contributed by atoms with van der Waals surface area (Å²) in [5.41, 5.74) is -1.88. The van der Waals surface area contributed by atoms with E-state index in [4.69, 9.17) is 0 Å². The molecule has 0 fully saturated rings. The number of carbonyl (C=O) groups excluding carboxylic acids is 2. The molecule has 0 aliphatic carbocycles. The van der Waals surface area contributed by atoms with E-state index in [2.05, 4.69) is 9.97 Å². The third kappa shape index (κ3) is 2.16. The number of aromatic nitrogens is 2. The number of fused-ring (bicyclic) bond motifs is 1. The zero-order valence-electron chi connectivity index (χ0n) is 9.55. The van der Waals surface area contributed by atoms with Crippen molar-refractivity contribution in [1.29, 1.82) is 0 Å². The summed E-state index contributed by atoms with van der Waals surface area (Å²) in [6, 6.07) is 1.72. The molecule has 0 saturated carbocycles. The van der Waals surface area contributed by atoms with Crippen LogP contribution in [0, 0.1) is 20.2 Å². The monoisotopic (exact) mass is 276 g/mol. The van der Waals surface area contributed by atoms with Gasteiger partial charge >= 0.3 is 11.4 Å². The fourth-order valence-electron chi connectivity index (χ4n) is 1.51. The first kappa shape index (κ1) is 13.1. The smallest absolute Gasteiger partial charge is 0.294 e. The largest absolute Gasteiger partial charge is 0.348 e. The highest BCUT2D eigenvalue weighted by Crippen LogP contribution is 2.30. The molecule has 0 saturated heterocycles. The summed E-state index contributed by atoms with van der Waals surface area (Å²) in [6.45, 7) is 0. The fourth-order valence-corrected chi connectivity index (χ4v) is 1.51. The number of nitro groups is 2. The maximum atomic E-state index is 11.1. The molecule has 2 aromatic rings. The average molecular weight is 276 g/mol. The normalized spacial score (nSPS) is 10.2. The molecule has 0 amide bonds. The highest BCUT2D eigenvalue weighted by molar-refractivity contribution is 6.32. The standard InChI is InChI=1S/C10H4N4O6/c15-4-10(16)7-3-11-5-1-8(13(17)18)9(14(19)20)2-6(5)12-7/h1-4H. The molecule has 0 atom stereocenters. The summed E-state index contributed by atoms with van der Waals surface area (Å²) in [7, 11) is 0. The average Bonchev–Trinajstić information content (AvgIpc) is 2.44. The van der Waals surface area contributed by atoms with Crippen molar-refractivity contribution in [3.05, 3.63) is 44.3 Å². The highest BCUT2D eigenvalue weighted by Gasteiger charge is 2.26. The van der Waals surface area contributed by atoms with Gasteiger partial charge in [-0.25, -0.2) is 4.98 Å². The molecule has 20 heavy (non-hydrogen) atoms. The third-order valence-electron chi connectivity index (χ3n) is 2.39. The van der Waals surface area contributed by atoms with Gasteiger partial charge in [-0.1, -0.05) is 0 Å². The molecule has 10 heteroatoms. The van der Waals surface area contributed by atoms with Crippen LogP contribution in [0.3, 0.4) is 0 Å². The van der Waals surface area contributed by atoms with Gasteiger partial charge in [0.05, 0.1) is 39.2 Å². The molecule has 0 bridgehead atoms. The summed E-state index contributed by atoms with van der Waals surface area (Å²) < 4.78 is 0. The minimum absolute atomic E-state index is 0.00440. The second-order valence-corrected chi connectivity index (χ2v) is 3.58. The summed E-state index contributed by atoms with van der Waals surface area (Å²) in [5.74, 6) is -0.944. The van der Waals surface area contributed by atoms with Crippen LogP contribution in [0.5, 0.6) is 0 Å². The number of hydrogen-bond acceptors (Lipinski definition) is 8. The molecule has 10 nitrogen and oxygen atoms in total. The Hall–Kier alpha value is -3.30. The molecule has 1 aromatic heterocycles. The Balaban J connectivity index is 2.74. The van der Waals surface area contributed by atoms with Crippen LogP contribution in [-0.4, -0.2) is 31.9 Å². The van der Waals surface area contributed by atoms with Crippen molar-refractivity contribution in [2.24, 2.45) is 0 Å². The van der Waals surface area contributed by atoms with Gasteiger partial charge in [0.1, 0.15) is 5.69 Å². The second kappa shape index (κ2) is 4.76. The van der Waals surface area contributed by atoms with E-state index in [0.717, 1.165) is 18.3 Å². The van der Waals surface area contributed by atoms with Crippen LogP contribution in [0.15, 0.2) is 18.3 Å². The second-order valence-electron chi connectivity index (χ2n) is 3.58. The Morgan fingerprint density at radius 2 is 1.65 bits per heavy atom. The van der Waals surface area contributed by atoms with Crippen LogP contribution in [0.1, 0.15) is 10.5 Å². The molecule has 0 spiro atoms. The summed E-state index contributed by atoms with van der Waals surface area (Å²) in [5, 5.41) is 21.5. The predicted molar refractivity (Wildman–Crippen MR) is 63.2 cm³/mol. The van der Waals surface area contributed by atoms with Crippen LogP contribution in [-0.2, 0) is 4.79 Å². The Labute approximate surface area is 109 Å². The molecule has 0 aliphatic heterocycles. The lowest BCUT2D eigenvalue weighted by Crippen LogP contribution is -2.05. The van der Waals surface area contributed by atoms with Crippen LogP contribution in [0.2, 0.25) is 0 Å². The van der Waals surface area contributed by atoms with Crippen LogP contribution in [0.4, 0.5) is 11.4 Å². The van der Waals surface area contributed by atoms with E-state index in [-0.39, 0.29) is 23.0 Å². The fraction of sp³-hybridized carbons (Fsp3) is 0. The molecule has 100 valence electrons. The number of hydrogen-bond donors (Lipinski definition) is 0. The van der Waals surface area contributed by atoms with Crippen molar-refractivity contribution < 1.29 is 19.4 Å². The Morgan fingerprint density at radius 3 is 2.15 bits per heavy atom. The lowest BCUT2D eigenvalue weighted by Gasteiger charge is -2.00. The molecular weight excluding hydrogens is 272 g/mol. The number of nitro benzene ring substituents is 2. The van der Waals surface area contributed by atoms with E-state index in [9.17, 15) is 29.8 Å². The van der Waals surface area contributed by atoms with Gasteiger partial charge in [-0.15, -0.1) is 0 Å². The van der Waals surface area contributed by atoms with Gasteiger partial charge in [0.15, 0.2) is 6.29 Å². The number of aldehydes is 1. The van der Waals surface area contributed by atoms with Gasteiger partial charge in [-0.3, -0.25) is 34.8 Å². The van der Waals surface area contributed by atoms with Crippen LogP contribution >= 0.6 is 0 Å². The molecule has 0 N–H and O–H groups in total. The Morgan fingerprint density at radius 1 is 1.10 bits per heavy atom. The van der Waals surface area contributed by atoms with Gasteiger partial charge in [0.2, 0.25) is 5.78 Å². The summed E-state index contributed by atoms with van der Waals surface area (Å²) in [6.07, 6.45) is 0.990. The van der Waals surface area contributed by atoms with Crippen molar-refractivity contribution >= 4 is 34.5 Å². The molecule has 1 aromatic carbocycles. The van der Waals surface area contributed by atoms with E-state index < -0.39 is 27.0 Å². The Bertz CT molecular complexity index is 772. The summed E-state index contributed by atoms with van der Waals surface area (Å²) in [4.78, 5) is 48.6. The van der Waals surface area contributed by atoms with E-state index >= 15 is 0 Å². The Kier molecular flexibility index (Phi) is 3.13. The molecule has 0 aliphatic rings. The first-order chi connectivity index (χ1) is 9.43. The lowest BCUT2D eigenvalue weighted by atomic mass is 10.2. The number of carbonyl (C=O) groups is 2. The molecule has 0 radical (unpaired) electrons. The van der Waals surface area contributed by atoms with Gasteiger partial charge in [-0.2, -0.15) is 0 Å². The zero-order valence-corrected chi connectivity index (χ0v) is 9.55. The molecule has 1 heterocycles. The first-order valence-corrected chi connectivity index (χ1v) is 5.03. The van der Waals surface area contributed by atoms with Crippen molar-refractivity contribution in [2.75, 3.05) is 0 Å². The van der Waals surface area contributed by atoms with Crippen molar-refractivity contribution in [3.63, 3.8) is 0 Å². The third-order valence-corrected chi connectivity index (χ3v) is 2.39.